The van der Waals surface area contributed by atoms with Gasteiger partial charge in [-0.25, -0.2) is 0 Å². The van der Waals surface area contributed by atoms with Crippen molar-refractivity contribution in [2.45, 2.75) is 37.9 Å². The zero-order valence-corrected chi connectivity index (χ0v) is 8.87. The second kappa shape index (κ2) is 5.10. The molecule has 0 amide bonds. The third kappa shape index (κ3) is 2.94. The number of piperidine rings is 2. The van der Waals surface area contributed by atoms with E-state index in [1.165, 1.54) is 12.8 Å². The number of ether oxygens (including phenoxy) is 1. The molecule has 2 saturated heterocycles. The fourth-order valence-electron chi connectivity index (χ4n) is 2.25. The smallest absolute Gasteiger partial charge is 0.0603 e. The third-order valence-corrected chi connectivity index (χ3v) is 3.21. The molecule has 3 heteroatoms. The highest BCUT2D eigenvalue weighted by molar-refractivity contribution is 4.75. The maximum atomic E-state index is 6.09. The van der Waals surface area contributed by atoms with E-state index in [9.17, 15) is 0 Å². The van der Waals surface area contributed by atoms with Crippen molar-refractivity contribution >= 4 is 0 Å². The average Bonchev–Trinajstić information content (AvgIpc) is 2.23. The Kier molecular flexibility index (Phi) is 3.79. The molecule has 0 unspecified atom stereocenters. The van der Waals surface area contributed by atoms with Gasteiger partial charge in [0.15, 0.2) is 0 Å². The van der Waals surface area contributed by atoms with Crippen LogP contribution in [-0.2, 0) is 4.74 Å². The van der Waals surface area contributed by atoms with E-state index in [0.29, 0.717) is 12.2 Å². The lowest BCUT2D eigenvalue weighted by Crippen LogP contribution is -2.39. The van der Waals surface area contributed by atoms with Gasteiger partial charge in [-0.15, -0.1) is 0 Å². The molecule has 3 nitrogen and oxygen atoms in total. The summed E-state index contributed by atoms with van der Waals surface area (Å²) in [6.07, 6.45) is 5.70. The summed E-state index contributed by atoms with van der Waals surface area (Å²) in [5.41, 5.74) is 0. The predicted octanol–water partition coefficient (Wildman–Crippen LogP) is 1.01. The maximum Gasteiger partial charge on any atom is 0.0603 e. The van der Waals surface area contributed by atoms with Crippen LogP contribution in [0.4, 0.5) is 0 Å². The molecule has 2 aliphatic rings. The predicted molar refractivity (Wildman–Crippen MR) is 56.9 cm³/mol. The van der Waals surface area contributed by atoms with Gasteiger partial charge in [-0.1, -0.05) is 0 Å². The number of rotatable bonds is 2. The van der Waals surface area contributed by atoms with E-state index in [2.05, 4.69) is 17.3 Å². The first-order chi connectivity index (χ1) is 6.84. The van der Waals surface area contributed by atoms with E-state index in [1.54, 1.807) is 0 Å². The van der Waals surface area contributed by atoms with Crippen LogP contribution in [0.1, 0.15) is 25.7 Å². The van der Waals surface area contributed by atoms with E-state index < -0.39 is 0 Å². The standard InChI is InChI=1S/C11H21N2O/c1-13-8-4-11(5-9-13)14-10-2-6-12-7-3-10/h10-12H,1-9H2/q-1. The van der Waals surface area contributed by atoms with Crippen LogP contribution in [-0.4, -0.2) is 43.3 Å². The number of nitrogens with zero attached hydrogens (tertiary/aromatic N) is 1. The molecular formula is C11H21N2O-. The lowest BCUT2D eigenvalue weighted by Gasteiger charge is -2.36. The molecule has 0 radical (unpaired) electrons. The summed E-state index contributed by atoms with van der Waals surface area (Å²) in [5.74, 6) is 0. The quantitative estimate of drug-likeness (QED) is 0.669. The Morgan fingerprint density at radius 2 is 1.57 bits per heavy atom. The van der Waals surface area contributed by atoms with Gasteiger partial charge >= 0.3 is 0 Å². The first-order valence-electron chi connectivity index (χ1n) is 5.76. The van der Waals surface area contributed by atoms with Crippen LogP contribution < -0.4 is 5.32 Å². The summed E-state index contributed by atoms with van der Waals surface area (Å²) < 4.78 is 6.09. The minimum Gasteiger partial charge on any atom is -0.459 e. The second-order valence-corrected chi connectivity index (χ2v) is 4.40. The monoisotopic (exact) mass is 197 g/mol. The van der Waals surface area contributed by atoms with Gasteiger partial charge in [0.25, 0.3) is 0 Å². The molecule has 2 fully saturated rings. The van der Waals surface area contributed by atoms with E-state index in [1.807, 2.05) is 0 Å². The zero-order valence-electron chi connectivity index (χ0n) is 8.87. The highest BCUT2D eigenvalue weighted by Gasteiger charge is 2.20. The fourth-order valence-corrected chi connectivity index (χ4v) is 2.25. The number of hydrogen-bond acceptors (Lipinski definition) is 3. The van der Waals surface area contributed by atoms with Crippen molar-refractivity contribution < 1.29 is 4.74 Å². The average molecular weight is 197 g/mol. The molecule has 2 heterocycles. The van der Waals surface area contributed by atoms with Crippen LogP contribution in [0.25, 0.3) is 0 Å². The van der Waals surface area contributed by atoms with E-state index in [4.69, 9.17) is 4.74 Å². The van der Waals surface area contributed by atoms with Gasteiger partial charge in [-0.2, -0.15) is 0 Å². The summed E-state index contributed by atoms with van der Waals surface area (Å²) in [4.78, 5) is 2.14. The first-order valence-corrected chi connectivity index (χ1v) is 5.76. The zero-order chi connectivity index (χ0) is 9.80. The number of hydrogen-bond donors (Lipinski definition) is 1. The lowest BCUT2D eigenvalue weighted by molar-refractivity contribution is -0.0489. The van der Waals surface area contributed by atoms with Gasteiger partial charge in [-0.3, -0.25) is 7.05 Å². The molecule has 0 spiro atoms. The van der Waals surface area contributed by atoms with Crippen LogP contribution in [0.2, 0.25) is 0 Å². The Morgan fingerprint density at radius 3 is 2.21 bits per heavy atom. The fraction of sp³-hybridized carbons (Fsp3) is 0.909. The van der Waals surface area contributed by atoms with Crippen LogP contribution in [0.15, 0.2) is 0 Å². The summed E-state index contributed by atoms with van der Waals surface area (Å²) >= 11 is 0. The molecule has 0 aromatic carbocycles. The summed E-state index contributed by atoms with van der Waals surface area (Å²) in [6, 6.07) is 0. The van der Waals surface area contributed by atoms with Gasteiger partial charge in [0.05, 0.1) is 12.2 Å². The van der Waals surface area contributed by atoms with E-state index >= 15 is 0 Å². The van der Waals surface area contributed by atoms with Crippen molar-refractivity contribution in [1.82, 2.24) is 10.2 Å². The van der Waals surface area contributed by atoms with Gasteiger partial charge in [0.2, 0.25) is 0 Å². The summed E-state index contributed by atoms with van der Waals surface area (Å²) in [7, 11) is 3.95. The third-order valence-electron chi connectivity index (χ3n) is 3.21. The SMILES string of the molecule is [CH2-]N1CCC(OC2CCNCC2)CC1. The first kappa shape index (κ1) is 10.4. The van der Waals surface area contributed by atoms with Crippen LogP contribution in [0.5, 0.6) is 0 Å². The van der Waals surface area contributed by atoms with Gasteiger partial charge in [0, 0.05) is 0 Å². The molecule has 2 rings (SSSR count). The highest BCUT2D eigenvalue weighted by Crippen LogP contribution is 2.18. The van der Waals surface area contributed by atoms with Crippen molar-refractivity contribution in [2.75, 3.05) is 26.2 Å². The molecule has 82 valence electrons. The van der Waals surface area contributed by atoms with Crippen LogP contribution >= 0.6 is 0 Å². The van der Waals surface area contributed by atoms with Gasteiger partial charge < -0.3 is 15.0 Å². The molecule has 1 N–H and O–H groups in total. The molecule has 0 saturated carbocycles. The van der Waals surface area contributed by atoms with E-state index in [-0.39, 0.29) is 0 Å². The van der Waals surface area contributed by atoms with Gasteiger partial charge in [0.1, 0.15) is 0 Å². The molecule has 0 aromatic rings. The van der Waals surface area contributed by atoms with Gasteiger partial charge in [-0.05, 0) is 51.9 Å². The molecule has 0 atom stereocenters. The molecule has 0 bridgehead atoms. The lowest BCUT2D eigenvalue weighted by atomic mass is 10.1. The largest absolute Gasteiger partial charge is 0.459 e. The summed E-state index contributed by atoms with van der Waals surface area (Å²) in [5, 5.41) is 3.36. The van der Waals surface area contributed by atoms with Crippen LogP contribution in [0.3, 0.4) is 0 Å². The molecule has 14 heavy (non-hydrogen) atoms. The Labute approximate surface area is 86.8 Å². The number of likely N-dealkylation sites (tertiary alicyclic amines) is 1. The Bertz CT molecular complexity index is 161. The highest BCUT2D eigenvalue weighted by atomic mass is 16.5. The van der Waals surface area contributed by atoms with Crippen LogP contribution in [0, 0.1) is 7.05 Å². The Balaban J connectivity index is 1.68. The van der Waals surface area contributed by atoms with Crippen molar-refractivity contribution in [1.29, 1.82) is 0 Å². The molecule has 0 aromatic heterocycles. The maximum absolute atomic E-state index is 6.09. The summed E-state index contributed by atoms with van der Waals surface area (Å²) in [6.45, 7) is 4.43. The number of nitrogens with one attached hydrogen (secondary N) is 1. The molecule has 0 aliphatic carbocycles. The minimum absolute atomic E-state index is 0.496. The Hall–Kier alpha value is -0.120. The van der Waals surface area contributed by atoms with Crippen molar-refractivity contribution in [3.8, 4) is 0 Å². The second-order valence-electron chi connectivity index (χ2n) is 4.40. The molecular weight excluding hydrogens is 176 g/mol. The Morgan fingerprint density at radius 1 is 1.00 bits per heavy atom. The van der Waals surface area contributed by atoms with Crippen molar-refractivity contribution in [3.63, 3.8) is 0 Å². The normalized spacial score (nSPS) is 28.1. The van der Waals surface area contributed by atoms with Crippen molar-refractivity contribution in [2.24, 2.45) is 0 Å². The minimum atomic E-state index is 0.496. The topological polar surface area (TPSA) is 24.5 Å². The van der Waals surface area contributed by atoms with E-state index in [0.717, 1.165) is 39.0 Å². The molecule has 2 aliphatic heterocycles. The van der Waals surface area contributed by atoms with Crippen molar-refractivity contribution in [3.05, 3.63) is 7.05 Å².